The van der Waals surface area contributed by atoms with Gasteiger partial charge >= 0.3 is 0 Å². The molecule has 2 N–H and O–H groups in total. The van der Waals surface area contributed by atoms with Crippen LogP contribution in [0.1, 0.15) is 26.7 Å². The summed E-state index contributed by atoms with van der Waals surface area (Å²) in [7, 11) is 0. The first-order chi connectivity index (χ1) is 9.38. The number of anilines is 1. The molecule has 0 unspecified atom stereocenters. The standard InChI is InChI=1S/C14H18Cl2N2O2/c1-9(2)5-6-17-13(19)8-14(20)18-10-3-4-11(15)12(16)7-10/h3-4,7,9H,5-6,8H2,1-2H3,(H,17,19)(H,18,20). The molecule has 0 bridgehead atoms. The van der Waals surface area contributed by atoms with Crippen molar-refractivity contribution in [2.24, 2.45) is 5.92 Å². The molecule has 0 aromatic heterocycles. The molecule has 4 nitrogen and oxygen atoms in total. The van der Waals surface area contributed by atoms with Gasteiger partial charge in [0, 0.05) is 12.2 Å². The topological polar surface area (TPSA) is 58.2 Å². The number of carbonyl (C=O) groups excluding carboxylic acids is 2. The third-order valence-corrected chi connectivity index (χ3v) is 3.31. The second-order valence-electron chi connectivity index (χ2n) is 4.89. The predicted octanol–water partition coefficient (Wildman–Crippen LogP) is 3.48. The highest BCUT2D eigenvalue weighted by molar-refractivity contribution is 6.42. The fraction of sp³-hybridized carbons (Fsp3) is 0.429. The fourth-order valence-electron chi connectivity index (χ4n) is 1.49. The Kier molecular flexibility index (Phi) is 6.82. The van der Waals surface area contributed by atoms with Crippen LogP contribution in [0.3, 0.4) is 0 Å². The predicted molar refractivity (Wildman–Crippen MR) is 82.2 cm³/mol. The van der Waals surface area contributed by atoms with E-state index in [0.29, 0.717) is 28.2 Å². The van der Waals surface area contributed by atoms with Gasteiger partial charge in [0.15, 0.2) is 0 Å². The van der Waals surface area contributed by atoms with Gasteiger partial charge in [0.05, 0.1) is 10.0 Å². The third-order valence-electron chi connectivity index (χ3n) is 2.57. The van der Waals surface area contributed by atoms with Gasteiger partial charge in [-0.15, -0.1) is 0 Å². The maximum Gasteiger partial charge on any atom is 0.233 e. The summed E-state index contributed by atoms with van der Waals surface area (Å²) in [4.78, 5) is 23.2. The first kappa shape index (κ1) is 16.8. The summed E-state index contributed by atoms with van der Waals surface area (Å²) >= 11 is 11.6. The Morgan fingerprint density at radius 2 is 1.85 bits per heavy atom. The zero-order valence-electron chi connectivity index (χ0n) is 11.5. The highest BCUT2D eigenvalue weighted by atomic mass is 35.5. The normalized spacial score (nSPS) is 10.4. The van der Waals surface area contributed by atoms with E-state index in [1.807, 2.05) is 0 Å². The summed E-state index contributed by atoms with van der Waals surface area (Å²) in [6, 6.07) is 4.75. The van der Waals surface area contributed by atoms with Crippen molar-refractivity contribution in [3.8, 4) is 0 Å². The van der Waals surface area contributed by atoms with Gasteiger partial charge in [-0.05, 0) is 30.5 Å². The number of hydrogen-bond acceptors (Lipinski definition) is 2. The minimum atomic E-state index is -0.384. The van der Waals surface area contributed by atoms with Crippen LogP contribution in [0.4, 0.5) is 5.69 Å². The maximum atomic E-state index is 11.7. The smallest absolute Gasteiger partial charge is 0.233 e. The van der Waals surface area contributed by atoms with E-state index in [1.54, 1.807) is 18.2 Å². The highest BCUT2D eigenvalue weighted by Gasteiger charge is 2.10. The first-order valence-electron chi connectivity index (χ1n) is 6.40. The second-order valence-corrected chi connectivity index (χ2v) is 5.70. The lowest BCUT2D eigenvalue weighted by molar-refractivity contribution is -0.126. The molecule has 0 fully saturated rings. The lowest BCUT2D eigenvalue weighted by atomic mass is 10.1. The van der Waals surface area contributed by atoms with Crippen LogP contribution in [-0.4, -0.2) is 18.4 Å². The van der Waals surface area contributed by atoms with Crippen molar-refractivity contribution in [2.45, 2.75) is 26.7 Å². The molecule has 0 aliphatic rings. The van der Waals surface area contributed by atoms with Gasteiger partial charge in [-0.3, -0.25) is 9.59 Å². The summed E-state index contributed by atoms with van der Waals surface area (Å²) < 4.78 is 0. The minimum Gasteiger partial charge on any atom is -0.356 e. The highest BCUT2D eigenvalue weighted by Crippen LogP contribution is 2.24. The number of nitrogens with one attached hydrogen (secondary N) is 2. The Bertz CT molecular complexity index is 490. The lowest BCUT2D eigenvalue weighted by Gasteiger charge is -2.08. The van der Waals surface area contributed by atoms with Crippen molar-refractivity contribution in [3.05, 3.63) is 28.2 Å². The van der Waals surface area contributed by atoms with Crippen LogP contribution in [0.25, 0.3) is 0 Å². The van der Waals surface area contributed by atoms with Gasteiger partial charge in [-0.25, -0.2) is 0 Å². The van der Waals surface area contributed by atoms with Crippen LogP contribution in [0.5, 0.6) is 0 Å². The van der Waals surface area contributed by atoms with Crippen molar-refractivity contribution in [3.63, 3.8) is 0 Å². The van der Waals surface area contributed by atoms with Gasteiger partial charge < -0.3 is 10.6 Å². The molecule has 1 aromatic rings. The molecule has 0 spiro atoms. The minimum absolute atomic E-state index is 0.210. The molecule has 1 aromatic carbocycles. The molecule has 1 rings (SSSR count). The molecule has 6 heteroatoms. The number of carbonyl (C=O) groups is 2. The average molecular weight is 317 g/mol. The lowest BCUT2D eigenvalue weighted by Crippen LogP contribution is -2.29. The summed E-state index contributed by atoms with van der Waals surface area (Å²) in [5.74, 6) is -0.158. The molecular weight excluding hydrogens is 299 g/mol. The Morgan fingerprint density at radius 1 is 1.15 bits per heavy atom. The molecule has 0 saturated heterocycles. The maximum absolute atomic E-state index is 11.7. The number of halogens is 2. The van der Waals surface area contributed by atoms with Crippen molar-refractivity contribution in [1.82, 2.24) is 5.32 Å². The van der Waals surface area contributed by atoms with E-state index < -0.39 is 0 Å². The largest absolute Gasteiger partial charge is 0.356 e. The Morgan fingerprint density at radius 3 is 2.45 bits per heavy atom. The second kappa shape index (κ2) is 8.12. The summed E-state index contributed by atoms with van der Waals surface area (Å²) in [5.41, 5.74) is 0.513. The van der Waals surface area contributed by atoms with Gasteiger partial charge in [0.25, 0.3) is 0 Å². The third kappa shape index (κ3) is 6.26. The van der Waals surface area contributed by atoms with E-state index in [1.165, 1.54) is 0 Å². The van der Waals surface area contributed by atoms with Crippen LogP contribution >= 0.6 is 23.2 Å². The Hall–Kier alpha value is -1.26. The van der Waals surface area contributed by atoms with E-state index in [4.69, 9.17) is 23.2 Å². The monoisotopic (exact) mass is 316 g/mol. The fourth-order valence-corrected chi connectivity index (χ4v) is 1.79. The molecule has 0 atom stereocenters. The SMILES string of the molecule is CC(C)CCNC(=O)CC(=O)Nc1ccc(Cl)c(Cl)c1. The van der Waals surface area contributed by atoms with E-state index in [2.05, 4.69) is 24.5 Å². The van der Waals surface area contributed by atoms with Crippen LogP contribution < -0.4 is 10.6 Å². The van der Waals surface area contributed by atoms with E-state index >= 15 is 0 Å². The molecule has 110 valence electrons. The molecule has 2 amide bonds. The Balaban J connectivity index is 2.39. The van der Waals surface area contributed by atoms with Gasteiger partial charge in [-0.1, -0.05) is 37.0 Å². The van der Waals surface area contributed by atoms with Gasteiger partial charge in [0.2, 0.25) is 11.8 Å². The quantitative estimate of drug-likeness (QED) is 0.789. The average Bonchev–Trinajstić information content (AvgIpc) is 2.33. The summed E-state index contributed by atoms with van der Waals surface area (Å²) in [6.45, 7) is 4.73. The van der Waals surface area contributed by atoms with Crippen LogP contribution in [-0.2, 0) is 9.59 Å². The van der Waals surface area contributed by atoms with Gasteiger partial charge in [-0.2, -0.15) is 0 Å². The zero-order valence-corrected chi connectivity index (χ0v) is 13.0. The molecule has 20 heavy (non-hydrogen) atoms. The molecular formula is C14H18Cl2N2O2. The van der Waals surface area contributed by atoms with Crippen molar-refractivity contribution >= 4 is 40.7 Å². The Labute approximate surface area is 128 Å². The molecule has 0 aliphatic carbocycles. The number of benzene rings is 1. The number of amides is 2. The first-order valence-corrected chi connectivity index (χ1v) is 7.15. The number of hydrogen-bond donors (Lipinski definition) is 2. The van der Waals surface area contributed by atoms with Crippen molar-refractivity contribution < 1.29 is 9.59 Å². The van der Waals surface area contributed by atoms with E-state index in [-0.39, 0.29) is 18.2 Å². The molecule has 0 heterocycles. The zero-order chi connectivity index (χ0) is 15.1. The van der Waals surface area contributed by atoms with Crippen LogP contribution in [0.15, 0.2) is 18.2 Å². The molecule has 0 aliphatic heterocycles. The van der Waals surface area contributed by atoms with Crippen LogP contribution in [0.2, 0.25) is 10.0 Å². The molecule has 0 saturated carbocycles. The van der Waals surface area contributed by atoms with Crippen molar-refractivity contribution in [1.29, 1.82) is 0 Å². The summed E-state index contributed by atoms with van der Waals surface area (Å²) in [5, 5.41) is 6.07. The van der Waals surface area contributed by atoms with Crippen LogP contribution in [0, 0.1) is 5.92 Å². The van der Waals surface area contributed by atoms with Crippen molar-refractivity contribution in [2.75, 3.05) is 11.9 Å². The molecule has 0 radical (unpaired) electrons. The summed E-state index contributed by atoms with van der Waals surface area (Å²) in [6.07, 6.45) is 0.679. The number of rotatable bonds is 6. The van der Waals surface area contributed by atoms with E-state index in [9.17, 15) is 9.59 Å². The van der Waals surface area contributed by atoms with Gasteiger partial charge in [0.1, 0.15) is 6.42 Å². The van der Waals surface area contributed by atoms with E-state index in [0.717, 1.165) is 6.42 Å².